The average molecular weight is 503 g/mol. The molecule has 39 heavy (non-hydrogen) atoms. The smallest absolute Gasteiger partial charge is 0.181 e. The van der Waals surface area contributed by atoms with E-state index < -0.39 is 0 Å². The van der Waals surface area contributed by atoms with E-state index in [2.05, 4.69) is 83.8 Å². The molecule has 4 heteroatoms. The SMILES string of the molecule is c1ccc(-c2ccc(N(c3cccc4c3oc3ccccc34)c3nccc4c3oc3ccccc34)cc2)cc1. The third-order valence-electron chi connectivity index (χ3n) is 7.34. The van der Waals surface area contributed by atoms with Crippen LogP contribution in [0, 0.1) is 0 Å². The number of para-hydroxylation sites is 3. The summed E-state index contributed by atoms with van der Waals surface area (Å²) in [6.07, 6.45) is 1.85. The van der Waals surface area contributed by atoms with Gasteiger partial charge in [-0.1, -0.05) is 91.0 Å². The Balaban J connectivity index is 1.40. The molecule has 0 radical (unpaired) electrons. The molecule has 0 aliphatic carbocycles. The lowest BCUT2D eigenvalue weighted by atomic mass is 10.0. The summed E-state index contributed by atoms with van der Waals surface area (Å²) in [5.74, 6) is 0.712. The van der Waals surface area contributed by atoms with Crippen molar-refractivity contribution in [2.45, 2.75) is 0 Å². The summed E-state index contributed by atoms with van der Waals surface area (Å²) in [4.78, 5) is 7.03. The topological polar surface area (TPSA) is 42.4 Å². The second-order valence-electron chi connectivity index (χ2n) is 9.61. The van der Waals surface area contributed by atoms with Crippen LogP contribution in [0.15, 0.2) is 142 Å². The van der Waals surface area contributed by atoms with Crippen LogP contribution in [0.5, 0.6) is 0 Å². The van der Waals surface area contributed by atoms with Crippen LogP contribution >= 0.6 is 0 Å². The summed E-state index contributed by atoms with van der Waals surface area (Å²) in [5, 5.41) is 4.24. The molecule has 0 amide bonds. The molecule has 3 heterocycles. The minimum atomic E-state index is 0.712. The summed E-state index contributed by atoms with van der Waals surface area (Å²) in [6.45, 7) is 0. The van der Waals surface area contributed by atoms with Crippen LogP contribution in [0.4, 0.5) is 17.2 Å². The van der Waals surface area contributed by atoms with Gasteiger partial charge in [-0.2, -0.15) is 0 Å². The van der Waals surface area contributed by atoms with Crippen LogP contribution in [0.3, 0.4) is 0 Å². The van der Waals surface area contributed by atoms with Crippen molar-refractivity contribution >= 4 is 61.1 Å². The van der Waals surface area contributed by atoms with Gasteiger partial charge in [0.05, 0.1) is 5.69 Å². The van der Waals surface area contributed by atoms with Gasteiger partial charge in [-0.25, -0.2) is 4.98 Å². The standard InChI is InChI=1S/C35H22N2O2/c1-2-9-23(10-3-1)24-17-19-25(20-18-24)37(30-14-8-13-28-26-11-4-6-15-31(26)38-33(28)30)35-34-29(21-22-36-35)27-12-5-7-16-32(27)39-34/h1-22H. The van der Waals surface area contributed by atoms with Gasteiger partial charge in [-0.05, 0) is 47.5 Å². The van der Waals surface area contributed by atoms with E-state index in [0.29, 0.717) is 5.82 Å². The van der Waals surface area contributed by atoms with Crippen molar-refractivity contribution in [3.05, 3.63) is 134 Å². The molecule has 0 bridgehead atoms. The highest BCUT2D eigenvalue weighted by Crippen LogP contribution is 2.44. The lowest BCUT2D eigenvalue weighted by molar-refractivity contribution is 0.664. The van der Waals surface area contributed by atoms with Gasteiger partial charge in [0, 0.05) is 33.4 Å². The highest BCUT2D eigenvalue weighted by Gasteiger charge is 2.24. The lowest BCUT2D eigenvalue weighted by Crippen LogP contribution is -2.12. The predicted octanol–water partition coefficient (Wildman–Crippen LogP) is 10.0. The minimum Gasteiger partial charge on any atom is -0.454 e. The first-order valence-corrected chi connectivity index (χ1v) is 13.0. The summed E-state index contributed by atoms with van der Waals surface area (Å²) < 4.78 is 12.9. The highest BCUT2D eigenvalue weighted by molar-refractivity contribution is 6.13. The summed E-state index contributed by atoms with van der Waals surface area (Å²) in [5.41, 5.74) is 7.42. The van der Waals surface area contributed by atoms with Crippen LogP contribution in [0.1, 0.15) is 0 Å². The molecule has 8 aromatic rings. The number of furan rings is 2. The summed E-state index contributed by atoms with van der Waals surface area (Å²) >= 11 is 0. The molecule has 0 aliphatic heterocycles. The first-order valence-electron chi connectivity index (χ1n) is 13.0. The number of nitrogens with zero attached hydrogens (tertiary/aromatic N) is 2. The van der Waals surface area contributed by atoms with Crippen molar-refractivity contribution < 1.29 is 8.83 Å². The van der Waals surface area contributed by atoms with Crippen molar-refractivity contribution in [3.63, 3.8) is 0 Å². The van der Waals surface area contributed by atoms with E-state index in [9.17, 15) is 0 Å². The van der Waals surface area contributed by atoms with Crippen LogP contribution in [-0.2, 0) is 0 Å². The second-order valence-corrected chi connectivity index (χ2v) is 9.61. The van der Waals surface area contributed by atoms with Gasteiger partial charge >= 0.3 is 0 Å². The Labute approximate surface area is 224 Å². The second kappa shape index (κ2) is 8.61. The largest absolute Gasteiger partial charge is 0.454 e. The van der Waals surface area contributed by atoms with Crippen LogP contribution in [0.2, 0.25) is 0 Å². The Morgan fingerprint density at radius 3 is 1.79 bits per heavy atom. The number of hydrogen-bond donors (Lipinski definition) is 0. The number of anilines is 3. The fraction of sp³-hybridized carbons (Fsp3) is 0. The fourth-order valence-corrected chi connectivity index (χ4v) is 5.51. The maximum Gasteiger partial charge on any atom is 0.181 e. The van der Waals surface area contributed by atoms with Crippen molar-refractivity contribution in [3.8, 4) is 11.1 Å². The first kappa shape index (κ1) is 21.7. The first-order chi connectivity index (χ1) is 19.3. The van der Waals surface area contributed by atoms with Gasteiger partial charge in [0.25, 0.3) is 0 Å². The van der Waals surface area contributed by atoms with E-state index >= 15 is 0 Å². The van der Waals surface area contributed by atoms with Crippen molar-refractivity contribution in [2.75, 3.05) is 4.90 Å². The molecule has 0 aliphatic rings. The zero-order valence-electron chi connectivity index (χ0n) is 20.9. The summed E-state index contributed by atoms with van der Waals surface area (Å²) in [7, 11) is 0. The average Bonchev–Trinajstić information content (AvgIpc) is 3.58. The van der Waals surface area contributed by atoms with Crippen molar-refractivity contribution in [2.24, 2.45) is 0 Å². The van der Waals surface area contributed by atoms with Crippen molar-refractivity contribution in [1.29, 1.82) is 0 Å². The number of pyridine rings is 1. The molecule has 4 nitrogen and oxygen atoms in total. The van der Waals surface area contributed by atoms with Gasteiger partial charge in [0.2, 0.25) is 0 Å². The quantitative estimate of drug-likeness (QED) is 0.240. The third kappa shape index (κ3) is 3.42. The van der Waals surface area contributed by atoms with E-state index in [1.165, 1.54) is 5.56 Å². The minimum absolute atomic E-state index is 0.712. The Morgan fingerprint density at radius 1 is 0.462 bits per heavy atom. The maximum absolute atomic E-state index is 6.47. The van der Waals surface area contributed by atoms with Gasteiger partial charge < -0.3 is 8.83 Å². The van der Waals surface area contributed by atoms with E-state index in [0.717, 1.165) is 60.8 Å². The molecule has 0 unspecified atom stereocenters. The molecule has 0 N–H and O–H groups in total. The van der Waals surface area contributed by atoms with Gasteiger partial charge in [-0.3, -0.25) is 4.90 Å². The lowest BCUT2D eigenvalue weighted by Gasteiger charge is -2.24. The molecular weight excluding hydrogens is 480 g/mol. The van der Waals surface area contributed by atoms with Gasteiger partial charge in [0.1, 0.15) is 11.2 Å². The van der Waals surface area contributed by atoms with Crippen LogP contribution < -0.4 is 4.90 Å². The third-order valence-corrected chi connectivity index (χ3v) is 7.34. The number of fused-ring (bicyclic) bond motifs is 6. The normalized spacial score (nSPS) is 11.6. The number of hydrogen-bond acceptors (Lipinski definition) is 4. The van der Waals surface area contributed by atoms with E-state index in [4.69, 9.17) is 13.8 Å². The molecule has 0 atom stereocenters. The molecule has 8 rings (SSSR count). The Kier molecular flexibility index (Phi) is 4.79. The Morgan fingerprint density at radius 2 is 1.05 bits per heavy atom. The highest BCUT2D eigenvalue weighted by atomic mass is 16.3. The molecule has 184 valence electrons. The van der Waals surface area contributed by atoms with E-state index in [1.807, 2.05) is 54.7 Å². The van der Waals surface area contributed by atoms with Gasteiger partial charge in [-0.15, -0.1) is 0 Å². The number of rotatable bonds is 4. The molecule has 0 saturated heterocycles. The maximum atomic E-state index is 6.47. The zero-order chi connectivity index (χ0) is 25.8. The van der Waals surface area contributed by atoms with E-state index in [1.54, 1.807) is 0 Å². The Hall–Kier alpha value is -5.35. The molecule has 3 aromatic heterocycles. The van der Waals surface area contributed by atoms with Crippen molar-refractivity contribution in [1.82, 2.24) is 4.98 Å². The zero-order valence-corrected chi connectivity index (χ0v) is 20.9. The molecule has 0 fully saturated rings. The fourth-order valence-electron chi connectivity index (χ4n) is 5.51. The monoisotopic (exact) mass is 502 g/mol. The molecular formula is C35H22N2O2. The molecule has 5 aromatic carbocycles. The molecule has 0 spiro atoms. The number of benzene rings is 5. The summed E-state index contributed by atoms with van der Waals surface area (Å²) in [6, 6.07) is 43.5. The number of aromatic nitrogens is 1. The predicted molar refractivity (Wildman–Crippen MR) is 159 cm³/mol. The van der Waals surface area contributed by atoms with Crippen LogP contribution in [-0.4, -0.2) is 4.98 Å². The van der Waals surface area contributed by atoms with E-state index in [-0.39, 0.29) is 0 Å². The Bertz CT molecular complexity index is 2010. The van der Waals surface area contributed by atoms with Gasteiger partial charge in [0.15, 0.2) is 17.0 Å². The molecule has 0 saturated carbocycles. The van der Waals surface area contributed by atoms with Crippen LogP contribution in [0.25, 0.3) is 55.0 Å².